The molecule has 1 aliphatic carbocycles. The van der Waals surface area contributed by atoms with Crippen LogP contribution in [0.1, 0.15) is 25.3 Å². The van der Waals surface area contributed by atoms with Crippen LogP contribution in [0.4, 0.5) is 8.78 Å². The average molecular weight is 280 g/mol. The number of hydrogen-bond donors (Lipinski definition) is 1. The first kappa shape index (κ1) is 14.0. The van der Waals surface area contributed by atoms with Crippen LogP contribution in [-0.4, -0.2) is 36.6 Å². The third-order valence-corrected chi connectivity index (χ3v) is 4.52. The number of halogens is 2. The molecule has 1 aromatic carbocycles. The van der Waals surface area contributed by atoms with Gasteiger partial charge in [0.25, 0.3) is 5.92 Å². The van der Waals surface area contributed by atoms with Gasteiger partial charge >= 0.3 is 0 Å². The third-order valence-electron chi connectivity index (χ3n) is 4.52. The van der Waals surface area contributed by atoms with Gasteiger partial charge < -0.3 is 5.32 Å². The molecule has 2 nitrogen and oxygen atoms in total. The SMILES string of the molecule is CC1CNC(C2CC2)CN1CC(F)(F)c1ccccc1. The molecule has 1 N–H and O–H groups in total. The van der Waals surface area contributed by atoms with E-state index in [1.165, 1.54) is 25.0 Å². The van der Waals surface area contributed by atoms with Crippen molar-refractivity contribution in [3.63, 3.8) is 0 Å². The van der Waals surface area contributed by atoms with Gasteiger partial charge in [-0.25, -0.2) is 0 Å². The Hall–Kier alpha value is -1.00. The van der Waals surface area contributed by atoms with Gasteiger partial charge in [0.2, 0.25) is 0 Å². The summed E-state index contributed by atoms with van der Waals surface area (Å²) >= 11 is 0. The van der Waals surface area contributed by atoms with Crippen molar-refractivity contribution in [1.29, 1.82) is 0 Å². The van der Waals surface area contributed by atoms with Gasteiger partial charge in [0.1, 0.15) is 0 Å². The number of nitrogens with zero attached hydrogens (tertiary/aromatic N) is 1. The number of rotatable bonds is 4. The summed E-state index contributed by atoms with van der Waals surface area (Å²) in [6.45, 7) is 3.40. The number of benzene rings is 1. The standard InChI is InChI=1S/C16H22F2N2/c1-12-9-19-15(13-7-8-13)10-20(12)11-16(17,18)14-5-3-2-4-6-14/h2-6,12-13,15,19H,7-11H2,1H3. The zero-order chi connectivity index (χ0) is 14.2. The molecule has 110 valence electrons. The smallest absolute Gasteiger partial charge is 0.285 e. The zero-order valence-electron chi connectivity index (χ0n) is 11.9. The third kappa shape index (κ3) is 3.01. The highest BCUT2D eigenvalue weighted by Gasteiger charge is 2.40. The lowest BCUT2D eigenvalue weighted by molar-refractivity contribution is -0.0549. The van der Waals surface area contributed by atoms with Crippen molar-refractivity contribution >= 4 is 0 Å². The summed E-state index contributed by atoms with van der Waals surface area (Å²) in [5.41, 5.74) is 0.119. The fraction of sp³-hybridized carbons (Fsp3) is 0.625. The molecule has 2 atom stereocenters. The van der Waals surface area contributed by atoms with Gasteiger partial charge in [-0.15, -0.1) is 0 Å². The summed E-state index contributed by atoms with van der Waals surface area (Å²) in [7, 11) is 0. The Morgan fingerprint density at radius 1 is 1.25 bits per heavy atom. The Kier molecular flexibility index (Phi) is 3.78. The molecular weight excluding hydrogens is 258 g/mol. The highest BCUT2D eigenvalue weighted by molar-refractivity contribution is 5.20. The molecule has 3 rings (SSSR count). The molecule has 20 heavy (non-hydrogen) atoms. The van der Waals surface area contributed by atoms with Crippen LogP contribution in [0.25, 0.3) is 0 Å². The Labute approximate surface area is 119 Å². The van der Waals surface area contributed by atoms with Crippen LogP contribution in [0.2, 0.25) is 0 Å². The van der Waals surface area contributed by atoms with E-state index in [4.69, 9.17) is 0 Å². The van der Waals surface area contributed by atoms with E-state index in [1.54, 1.807) is 18.2 Å². The maximum absolute atomic E-state index is 14.4. The van der Waals surface area contributed by atoms with Crippen LogP contribution in [0.3, 0.4) is 0 Å². The summed E-state index contributed by atoms with van der Waals surface area (Å²) in [4.78, 5) is 1.95. The van der Waals surface area contributed by atoms with Crippen LogP contribution in [0, 0.1) is 5.92 Å². The molecule has 1 saturated carbocycles. The lowest BCUT2D eigenvalue weighted by atomic mass is 10.0. The molecule has 2 aliphatic rings. The number of piperazine rings is 1. The van der Waals surface area contributed by atoms with Gasteiger partial charge in [-0.3, -0.25) is 4.90 Å². The van der Waals surface area contributed by atoms with E-state index in [0.717, 1.165) is 13.1 Å². The second kappa shape index (κ2) is 5.41. The van der Waals surface area contributed by atoms with Gasteiger partial charge in [-0.05, 0) is 25.7 Å². The van der Waals surface area contributed by atoms with Gasteiger partial charge in [0.15, 0.2) is 0 Å². The predicted molar refractivity (Wildman–Crippen MR) is 75.9 cm³/mol. The van der Waals surface area contributed by atoms with Crippen molar-refractivity contribution in [2.24, 2.45) is 5.92 Å². The number of alkyl halides is 2. The fourth-order valence-corrected chi connectivity index (χ4v) is 3.01. The second-order valence-electron chi connectivity index (χ2n) is 6.20. The molecule has 0 spiro atoms. The lowest BCUT2D eigenvalue weighted by Gasteiger charge is -2.40. The predicted octanol–water partition coefficient (Wildman–Crippen LogP) is 2.85. The number of nitrogens with one attached hydrogen (secondary N) is 1. The summed E-state index contributed by atoms with van der Waals surface area (Å²) < 4.78 is 28.8. The van der Waals surface area contributed by atoms with Crippen molar-refractivity contribution in [3.05, 3.63) is 35.9 Å². The molecule has 1 saturated heterocycles. The molecule has 2 fully saturated rings. The van der Waals surface area contributed by atoms with Crippen molar-refractivity contribution in [3.8, 4) is 0 Å². The summed E-state index contributed by atoms with van der Waals surface area (Å²) in [5.74, 6) is -2.07. The normalized spacial score (nSPS) is 28.6. The molecule has 1 aromatic rings. The van der Waals surface area contributed by atoms with Crippen LogP contribution in [0.5, 0.6) is 0 Å². The van der Waals surface area contributed by atoms with Crippen molar-refractivity contribution < 1.29 is 8.78 Å². The second-order valence-corrected chi connectivity index (χ2v) is 6.20. The Morgan fingerprint density at radius 2 is 1.95 bits per heavy atom. The quantitative estimate of drug-likeness (QED) is 0.912. The fourth-order valence-electron chi connectivity index (χ4n) is 3.01. The molecule has 1 heterocycles. The van der Waals surface area contributed by atoms with E-state index in [-0.39, 0.29) is 18.2 Å². The molecule has 0 aromatic heterocycles. The lowest BCUT2D eigenvalue weighted by Crippen LogP contribution is -2.58. The van der Waals surface area contributed by atoms with E-state index < -0.39 is 5.92 Å². The first-order valence-electron chi connectivity index (χ1n) is 7.47. The van der Waals surface area contributed by atoms with E-state index in [2.05, 4.69) is 5.32 Å². The molecule has 2 unspecified atom stereocenters. The van der Waals surface area contributed by atoms with E-state index >= 15 is 0 Å². The van der Waals surface area contributed by atoms with E-state index in [9.17, 15) is 8.78 Å². The largest absolute Gasteiger partial charge is 0.311 e. The summed E-state index contributed by atoms with van der Waals surface area (Å²) in [5, 5.41) is 3.50. The average Bonchev–Trinajstić information content (AvgIpc) is 3.27. The van der Waals surface area contributed by atoms with Crippen molar-refractivity contribution in [2.45, 2.75) is 37.8 Å². The minimum atomic E-state index is -2.78. The van der Waals surface area contributed by atoms with Crippen LogP contribution < -0.4 is 5.32 Å². The van der Waals surface area contributed by atoms with Gasteiger partial charge in [0, 0.05) is 30.7 Å². The van der Waals surface area contributed by atoms with Gasteiger partial charge in [-0.1, -0.05) is 30.3 Å². The molecule has 1 aliphatic heterocycles. The molecular formula is C16H22F2N2. The summed E-state index contributed by atoms with van der Waals surface area (Å²) in [6.07, 6.45) is 2.49. The Morgan fingerprint density at radius 3 is 2.60 bits per heavy atom. The first-order chi connectivity index (χ1) is 9.56. The minimum Gasteiger partial charge on any atom is -0.311 e. The maximum Gasteiger partial charge on any atom is 0.285 e. The molecule has 0 radical (unpaired) electrons. The molecule has 0 bridgehead atoms. The van der Waals surface area contributed by atoms with Crippen molar-refractivity contribution in [2.75, 3.05) is 19.6 Å². The van der Waals surface area contributed by atoms with Gasteiger partial charge in [-0.2, -0.15) is 8.78 Å². The highest BCUT2D eigenvalue weighted by Crippen LogP contribution is 2.35. The first-order valence-corrected chi connectivity index (χ1v) is 7.47. The Bertz CT molecular complexity index is 445. The topological polar surface area (TPSA) is 15.3 Å². The molecule has 4 heteroatoms. The monoisotopic (exact) mass is 280 g/mol. The molecule has 0 amide bonds. The van der Waals surface area contributed by atoms with E-state index in [0.29, 0.717) is 12.0 Å². The Balaban J connectivity index is 1.68. The number of hydrogen-bond acceptors (Lipinski definition) is 2. The minimum absolute atomic E-state index is 0.119. The summed E-state index contributed by atoms with van der Waals surface area (Å²) in [6, 6.07) is 8.74. The zero-order valence-corrected chi connectivity index (χ0v) is 11.9. The van der Waals surface area contributed by atoms with E-state index in [1.807, 2.05) is 11.8 Å². The maximum atomic E-state index is 14.4. The van der Waals surface area contributed by atoms with Crippen LogP contribution in [0.15, 0.2) is 30.3 Å². The highest BCUT2D eigenvalue weighted by atomic mass is 19.3. The van der Waals surface area contributed by atoms with Gasteiger partial charge in [0.05, 0.1) is 6.54 Å². The van der Waals surface area contributed by atoms with Crippen LogP contribution in [-0.2, 0) is 5.92 Å². The van der Waals surface area contributed by atoms with Crippen molar-refractivity contribution in [1.82, 2.24) is 10.2 Å². The van der Waals surface area contributed by atoms with Crippen LogP contribution >= 0.6 is 0 Å².